The van der Waals surface area contributed by atoms with Crippen molar-refractivity contribution in [2.24, 2.45) is 11.3 Å². The Labute approximate surface area is 282 Å². The van der Waals surface area contributed by atoms with Gasteiger partial charge in [-0.3, -0.25) is 14.5 Å². The molecule has 1 aliphatic carbocycles. The molecular weight excluding hydrogens is 618 g/mol. The van der Waals surface area contributed by atoms with Crippen molar-refractivity contribution in [2.75, 3.05) is 33.8 Å². The van der Waals surface area contributed by atoms with E-state index in [1.807, 2.05) is 32.0 Å². The van der Waals surface area contributed by atoms with Gasteiger partial charge in [0.05, 0.1) is 0 Å². The van der Waals surface area contributed by atoms with Crippen molar-refractivity contribution >= 4 is 34.6 Å². The molecule has 0 bridgehead atoms. The second kappa shape index (κ2) is 13.8. The predicted molar refractivity (Wildman–Crippen MR) is 180 cm³/mol. The van der Waals surface area contributed by atoms with E-state index in [4.69, 9.17) is 14.2 Å². The lowest BCUT2D eigenvalue weighted by molar-refractivity contribution is -0.168. The normalized spacial score (nSPS) is 23.0. The molecule has 4 rings (SSSR count). The SMILES string of the molecule is CCC1CC1(NC(=O)C1(Oc2nccc3cc(OCCN(C)C)ccc23)CCCN1C(=O)C(NC(=O)OC(C)(C)C)C(C)(C)C)C(=O)O. The minimum Gasteiger partial charge on any atom is -0.492 e. The van der Waals surface area contributed by atoms with Gasteiger partial charge in [-0.15, -0.1) is 0 Å². The number of fused-ring (bicyclic) bond motifs is 1. The van der Waals surface area contributed by atoms with Crippen molar-refractivity contribution in [2.45, 2.75) is 97.1 Å². The number of carboxylic acids is 1. The molecule has 264 valence electrons. The van der Waals surface area contributed by atoms with E-state index in [0.29, 0.717) is 30.6 Å². The maximum absolute atomic E-state index is 14.5. The molecule has 3 amide bonds. The van der Waals surface area contributed by atoms with E-state index in [1.165, 1.54) is 4.90 Å². The third-order valence-corrected chi connectivity index (χ3v) is 8.82. The summed E-state index contributed by atoms with van der Waals surface area (Å²) in [5.41, 5.74) is -5.03. The third kappa shape index (κ3) is 7.94. The van der Waals surface area contributed by atoms with E-state index < -0.39 is 52.2 Å². The van der Waals surface area contributed by atoms with Gasteiger partial charge in [0.15, 0.2) is 0 Å². The highest BCUT2D eigenvalue weighted by Gasteiger charge is 2.64. The zero-order valence-corrected chi connectivity index (χ0v) is 29.6. The van der Waals surface area contributed by atoms with Gasteiger partial charge < -0.3 is 34.9 Å². The molecule has 1 aromatic heterocycles. The van der Waals surface area contributed by atoms with Crippen LogP contribution < -0.4 is 20.1 Å². The maximum atomic E-state index is 14.5. The smallest absolute Gasteiger partial charge is 0.408 e. The first-order valence-corrected chi connectivity index (χ1v) is 16.6. The Morgan fingerprint density at radius 1 is 1.12 bits per heavy atom. The molecule has 2 fully saturated rings. The van der Waals surface area contributed by atoms with Gasteiger partial charge in [-0.1, -0.05) is 34.1 Å². The largest absolute Gasteiger partial charge is 0.492 e. The molecule has 2 aromatic rings. The molecule has 13 nitrogen and oxygen atoms in total. The van der Waals surface area contributed by atoms with Gasteiger partial charge in [-0.2, -0.15) is 0 Å². The minimum absolute atomic E-state index is 0.0736. The number of carboxylic acid groups (broad SMARTS) is 1. The lowest BCUT2D eigenvalue weighted by Gasteiger charge is -2.41. The fourth-order valence-corrected chi connectivity index (χ4v) is 6.10. The quantitative estimate of drug-likeness (QED) is 0.299. The molecule has 4 unspecified atom stereocenters. The number of alkyl carbamates (subject to hydrolysis) is 1. The first-order chi connectivity index (χ1) is 22.3. The van der Waals surface area contributed by atoms with Gasteiger partial charge in [-0.25, -0.2) is 14.6 Å². The van der Waals surface area contributed by atoms with Crippen LogP contribution >= 0.6 is 0 Å². The highest BCUT2D eigenvalue weighted by Crippen LogP contribution is 2.47. The zero-order chi connectivity index (χ0) is 35.7. The number of nitrogens with zero attached hydrogens (tertiary/aromatic N) is 3. The van der Waals surface area contributed by atoms with E-state index in [-0.39, 0.29) is 31.2 Å². The molecule has 0 spiro atoms. The number of pyridine rings is 1. The number of aliphatic carboxylic acids is 1. The number of rotatable bonds is 12. The fourth-order valence-electron chi connectivity index (χ4n) is 6.10. The van der Waals surface area contributed by atoms with Gasteiger partial charge in [0.1, 0.15) is 29.5 Å². The molecule has 1 aromatic carbocycles. The molecule has 1 saturated carbocycles. The Morgan fingerprint density at radius 3 is 2.42 bits per heavy atom. The van der Waals surface area contributed by atoms with Crippen molar-refractivity contribution < 1.29 is 38.5 Å². The number of hydrogen-bond acceptors (Lipinski definition) is 9. The van der Waals surface area contributed by atoms with Gasteiger partial charge in [0, 0.05) is 31.1 Å². The van der Waals surface area contributed by atoms with Gasteiger partial charge in [-0.05, 0) is 88.7 Å². The summed E-state index contributed by atoms with van der Waals surface area (Å²) in [4.78, 5) is 62.2. The van der Waals surface area contributed by atoms with Crippen LogP contribution in [0.5, 0.6) is 11.6 Å². The average Bonchev–Trinajstić information content (AvgIpc) is 3.53. The monoisotopic (exact) mass is 669 g/mol. The number of carbonyl (C=O) groups excluding carboxylic acids is 3. The Balaban J connectivity index is 1.75. The Kier molecular flexibility index (Phi) is 10.5. The number of benzene rings is 1. The van der Waals surface area contributed by atoms with Crippen LogP contribution in [0, 0.1) is 11.3 Å². The van der Waals surface area contributed by atoms with Crippen LogP contribution in [0.3, 0.4) is 0 Å². The summed E-state index contributed by atoms with van der Waals surface area (Å²) in [5, 5.41) is 17.0. The molecule has 1 saturated heterocycles. The van der Waals surface area contributed by atoms with Crippen molar-refractivity contribution in [1.82, 2.24) is 25.4 Å². The van der Waals surface area contributed by atoms with E-state index >= 15 is 0 Å². The van der Waals surface area contributed by atoms with Crippen LogP contribution in [-0.2, 0) is 19.1 Å². The summed E-state index contributed by atoms with van der Waals surface area (Å²) in [7, 11) is 3.92. The first kappa shape index (κ1) is 36.7. The average molecular weight is 670 g/mol. The number of likely N-dealkylation sites (N-methyl/N-ethyl adjacent to an activating group) is 1. The molecule has 0 radical (unpaired) electrons. The topological polar surface area (TPSA) is 160 Å². The highest BCUT2D eigenvalue weighted by molar-refractivity contribution is 5.98. The second-order valence-corrected chi connectivity index (χ2v) is 15.1. The zero-order valence-electron chi connectivity index (χ0n) is 29.6. The molecule has 2 heterocycles. The Morgan fingerprint density at radius 2 is 1.83 bits per heavy atom. The summed E-state index contributed by atoms with van der Waals surface area (Å²) >= 11 is 0. The fraction of sp³-hybridized carbons (Fsp3) is 0.629. The van der Waals surface area contributed by atoms with Crippen molar-refractivity contribution in [3.05, 3.63) is 30.5 Å². The predicted octanol–water partition coefficient (Wildman–Crippen LogP) is 4.18. The van der Waals surface area contributed by atoms with E-state index in [9.17, 15) is 24.3 Å². The van der Waals surface area contributed by atoms with Crippen LogP contribution in [0.25, 0.3) is 10.8 Å². The van der Waals surface area contributed by atoms with Crippen LogP contribution in [0.1, 0.15) is 74.1 Å². The van der Waals surface area contributed by atoms with Crippen molar-refractivity contribution in [3.63, 3.8) is 0 Å². The summed E-state index contributed by atoms with van der Waals surface area (Å²) < 4.78 is 18.0. The summed E-state index contributed by atoms with van der Waals surface area (Å²) in [6.07, 6.45) is 2.04. The Bertz CT molecular complexity index is 1530. The second-order valence-electron chi connectivity index (χ2n) is 15.1. The number of likely N-dealkylation sites (tertiary alicyclic amines) is 1. The minimum atomic E-state index is -1.96. The third-order valence-electron chi connectivity index (χ3n) is 8.82. The lowest BCUT2D eigenvalue weighted by Crippen LogP contribution is -2.67. The first-order valence-electron chi connectivity index (χ1n) is 16.6. The molecule has 1 aliphatic heterocycles. The van der Waals surface area contributed by atoms with Gasteiger partial charge in [0.2, 0.25) is 11.8 Å². The van der Waals surface area contributed by atoms with Gasteiger partial charge >= 0.3 is 12.1 Å². The summed E-state index contributed by atoms with van der Waals surface area (Å²) in [6, 6.07) is 6.10. The van der Waals surface area contributed by atoms with Crippen LogP contribution in [0.2, 0.25) is 0 Å². The van der Waals surface area contributed by atoms with Crippen LogP contribution in [0.4, 0.5) is 4.79 Å². The number of amides is 3. The number of hydrogen-bond donors (Lipinski definition) is 3. The summed E-state index contributed by atoms with van der Waals surface area (Å²) in [5.74, 6) is -1.97. The van der Waals surface area contributed by atoms with Crippen LogP contribution in [-0.4, -0.2) is 100 Å². The standard InChI is InChI=1S/C35H51N5O8/c1-10-23-21-34(23,30(43)44)38-29(42)35(47-27-25-13-12-24(46-19-18-39(8)9)20-22(25)14-16-36-27)15-11-17-40(35)28(41)26(32(2,3)4)37-31(45)48-33(5,6)7/h12-14,16,20,23,26H,10-11,15,17-19,21H2,1-9H3,(H,37,45)(H,38,42)(H,43,44). The molecule has 3 N–H and O–H groups in total. The highest BCUT2D eigenvalue weighted by atomic mass is 16.6. The lowest BCUT2D eigenvalue weighted by atomic mass is 9.85. The van der Waals surface area contributed by atoms with E-state index in [0.717, 1.165) is 11.9 Å². The number of ether oxygens (including phenoxy) is 3. The van der Waals surface area contributed by atoms with Crippen LogP contribution in [0.15, 0.2) is 30.5 Å². The molecule has 48 heavy (non-hydrogen) atoms. The molecule has 4 atom stereocenters. The molecule has 2 aliphatic rings. The van der Waals surface area contributed by atoms with E-state index in [1.54, 1.807) is 65.9 Å². The molecule has 13 heteroatoms. The van der Waals surface area contributed by atoms with E-state index in [2.05, 4.69) is 15.6 Å². The Hall–Kier alpha value is -4.13. The number of nitrogens with one attached hydrogen (secondary N) is 2. The molecular formula is C35H51N5O8. The summed E-state index contributed by atoms with van der Waals surface area (Å²) in [6.45, 7) is 13.8. The maximum Gasteiger partial charge on any atom is 0.408 e. The van der Waals surface area contributed by atoms with Gasteiger partial charge in [0.25, 0.3) is 11.6 Å². The van der Waals surface area contributed by atoms with Crippen molar-refractivity contribution in [1.29, 1.82) is 0 Å². The number of carbonyl (C=O) groups is 4. The number of aromatic nitrogens is 1. The van der Waals surface area contributed by atoms with Crippen molar-refractivity contribution in [3.8, 4) is 11.6 Å².